The molecule has 1 aliphatic carbocycles. The Hall–Kier alpha value is -2.28. The lowest BCUT2D eigenvalue weighted by molar-refractivity contribution is 0.258. The van der Waals surface area contributed by atoms with E-state index in [9.17, 15) is 4.39 Å². The van der Waals surface area contributed by atoms with E-state index in [-0.39, 0.29) is 22.6 Å². The van der Waals surface area contributed by atoms with Gasteiger partial charge in [-0.2, -0.15) is 0 Å². The fraction of sp³-hybridized carbons (Fsp3) is 0.368. The predicted octanol–water partition coefficient (Wildman–Crippen LogP) is 2.24. The van der Waals surface area contributed by atoms with Crippen molar-refractivity contribution in [1.82, 2.24) is 9.88 Å². The molecule has 27 heavy (non-hydrogen) atoms. The normalized spacial score (nSPS) is 18.0. The smallest absolute Gasteiger partial charge is 0.146 e. The summed E-state index contributed by atoms with van der Waals surface area (Å²) in [4.78, 5) is 8.67. The molecule has 2 heterocycles. The Morgan fingerprint density at radius 1 is 1.37 bits per heavy atom. The van der Waals surface area contributed by atoms with Gasteiger partial charge in [0.15, 0.2) is 0 Å². The highest BCUT2D eigenvalue weighted by atomic mass is 35.5. The summed E-state index contributed by atoms with van der Waals surface area (Å²) in [6.07, 6.45) is 3.71. The molecule has 1 aromatic heterocycles. The maximum atomic E-state index is 13.9. The molecule has 2 aromatic rings. The Kier molecular flexibility index (Phi) is 4.30. The average molecular weight is 384 g/mol. The quantitative estimate of drug-likeness (QED) is 0.361. The molecule has 1 saturated heterocycles. The van der Waals surface area contributed by atoms with Gasteiger partial charge in [0.1, 0.15) is 25.3 Å². The predicted molar refractivity (Wildman–Crippen MR) is 108 cm³/mol. The molecule has 0 atom stereocenters. The van der Waals surface area contributed by atoms with E-state index in [1.807, 2.05) is 24.1 Å². The molecule has 4 rings (SSSR count). The molecule has 1 saturated carbocycles. The minimum absolute atomic E-state index is 0.0739. The standard InChI is InChI=1S/C19H20BClFN5/c1-11-8-12(20)18(25-9-11)26-6-7-27(19(10-26)4-5-19)17(24)15-13(21)2-3-14(22)16(15)23/h2-3,8-9,24H,4-7,10,23H2,1H3. The van der Waals surface area contributed by atoms with Crippen molar-refractivity contribution in [3.63, 3.8) is 0 Å². The second-order valence-electron chi connectivity index (χ2n) is 7.39. The van der Waals surface area contributed by atoms with Crippen LogP contribution in [-0.4, -0.2) is 48.7 Å². The molecule has 0 amide bonds. The van der Waals surface area contributed by atoms with E-state index in [2.05, 4.69) is 9.88 Å². The molecule has 138 valence electrons. The number of amidine groups is 1. The number of nitrogens with one attached hydrogen (secondary N) is 1. The van der Waals surface area contributed by atoms with E-state index in [1.54, 1.807) is 0 Å². The second kappa shape index (κ2) is 6.41. The Balaban J connectivity index is 1.61. The first-order chi connectivity index (χ1) is 12.8. The maximum Gasteiger partial charge on any atom is 0.146 e. The molecule has 1 aliphatic heterocycles. The summed E-state index contributed by atoms with van der Waals surface area (Å²) in [7, 11) is 6.17. The summed E-state index contributed by atoms with van der Waals surface area (Å²) >= 11 is 6.24. The number of pyridine rings is 1. The number of rotatable bonds is 2. The molecule has 3 N–H and O–H groups in total. The zero-order valence-electron chi connectivity index (χ0n) is 15.1. The summed E-state index contributed by atoms with van der Waals surface area (Å²) < 4.78 is 13.9. The summed E-state index contributed by atoms with van der Waals surface area (Å²) in [6.45, 7) is 3.93. The lowest BCUT2D eigenvalue weighted by atomic mass is 9.94. The lowest BCUT2D eigenvalue weighted by Crippen LogP contribution is -2.58. The van der Waals surface area contributed by atoms with Gasteiger partial charge in [-0.3, -0.25) is 5.41 Å². The zero-order chi connectivity index (χ0) is 19.3. The summed E-state index contributed by atoms with van der Waals surface area (Å²) in [5, 5.41) is 8.97. The zero-order valence-corrected chi connectivity index (χ0v) is 15.9. The number of piperazine rings is 1. The first kappa shape index (κ1) is 18.1. The van der Waals surface area contributed by atoms with Crippen molar-refractivity contribution in [2.75, 3.05) is 30.3 Å². The van der Waals surface area contributed by atoms with E-state index in [0.717, 1.165) is 24.2 Å². The van der Waals surface area contributed by atoms with Crippen LogP contribution in [0.25, 0.3) is 0 Å². The monoisotopic (exact) mass is 383 g/mol. The second-order valence-corrected chi connectivity index (χ2v) is 7.80. The first-order valence-corrected chi connectivity index (χ1v) is 9.27. The van der Waals surface area contributed by atoms with E-state index in [0.29, 0.717) is 30.1 Å². The van der Waals surface area contributed by atoms with Gasteiger partial charge in [0.25, 0.3) is 0 Å². The number of nitrogens with two attached hydrogens (primary N) is 1. The van der Waals surface area contributed by atoms with E-state index < -0.39 is 5.82 Å². The molecule has 0 bridgehead atoms. The summed E-state index contributed by atoms with van der Waals surface area (Å²) in [6, 6.07) is 4.60. The van der Waals surface area contributed by atoms with Gasteiger partial charge in [-0.1, -0.05) is 23.1 Å². The molecule has 8 heteroatoms. The van der Waals surface area contributed by atoms with E-state index in [4.69, 9.17) is 30.6 Å². The number of nitrogen functional groups attached to an aromatic ring is 1. The third-order valence-corrected chi connectivity index (χ3v) is 5.77. The van der Waals surface area contributed by atoms with Crippen molar-refractivity contribution in [2.24, 2.45) is 0 Å². The number of aromatic nitrogens is 1. The number of hydrogen-bond donors (Lipinski definition) is 2. The molecule has 1 aromatic carbocycles. The topological polar surface area (TPSA) is 69.2 Å². The van der Waals surface area contributed by atoms with Gasteiger partial charge in [0.05, 0.1) is 21.8 Å². The SMILES string of the molecule is [B]c1cc(C)cnc1N1CCN(C(=N)c2c(Cl)ccc(F)c2N)C2(CC2)C1. The van der Waals surface area contributed by atoms with Gasteiger partial charge in [0, 0.05) is 25.8 Å². The third kappa shape index (κ3) is 3.04. The Bertz CT molecular complexity index is 931. The van der Waals surface area contributed by atoms with Crippen molar-refractivity contribution < 1.29 is 4.39 Å². The van der Waals surface area contributed by atoms with Crippen LogP contribution in [0, 0.1) is 18.2 Å². The van der Waals surface area contributed by atoms with Crippen LogP contribution in [0.1, 0.15) is 24.0 Å². The molecule has 2 fully saturated rings. The maximum absolute atomic E-state index is 13.9. The fourth-order valence-electron chi connectivity index (χ4n) is 3.87. The first-order valence-electron chi connectivity index (χ1n) is 8.89. The fourth-order valence-corrected chi connectivity index (χ4v) is 4.13. The number of nitrogens with zero attached hydrogens (tertiary/aromatic N) is 3. The van der Waals surface area contributed by atoms with Crippen LogP contribution in [0.15, 0.2) is 24.4 Å². The third-order valence-electron chi connectivity index (χ3n) is 5.46. The molecule has 2 radical (unpaired) electrons. The van der Waals surface area contributed by atoms with Crippen LogP contribution >= 0.6 is 11.6 Å². The van der Waals surface area contributed by atoms with Crippen LogP contribution in [0.3, 0.4) is 0 Å². The number of halogens is 2. The van der Waals surface area contributed by atoms with Gasteiger partial charge in [-0.15, -0.1) is 0 Å². The average Bonchev–Trinajstić information content (AvgIpc) is 3.37. The van der Waals surface area contributed by atoms with Crippen molar-refractivity contribution in [3.8, 4) is 0 Å². The van der Waals surface area contributed by atoms with Gasteiger partial charge in [-0.25, -0.2) is 9.37 Å². The molecular weight excluding hydrogens is 364 g/mol. The Labute approximate surface area is 164 Å². The van der Waals surface area contributed by atoms with Gasteiger partial charge >= 0.3 is 0 Å². The molecule has 0 unspecified atom stereocenters. The summed E-state index contributed by atoms with van der Waals surface area (Å²) in [5.74, 6) is 0.402. The number of aryl methyl sites for hydroxylation is 1. The Morgan fingerprint density at radius 2 is 2.11 bits per heavy atom. The van der Waals surface area contributed by atoms with E-state index in [1.165, 1.54) is 12.1 Å². The minimum atomic E-state index is -0.556. The van der Waals surface area contributed by atoms with E-state index >= 15 is 0 Å². The van der Waals surface area contributed by atoms with Crippen molar-refractivity contribution >= 4 is 42.3 Å². The van der Waals surface area contributed by atoms with Gasteiger partial charge in [0.2, 0.25) is 0 Å². The summed E-state index contributed by atoms with van der Waals surface area (Å²) in [5.41, 5.74) is 7.58. The van der Waals surface area contributed by atoms with Gasteiger partial charge < -0.3 is 15.5 Å². The number of hydrogen-bond acceptors (Lipinski definition) is 4. The van der Waals surface area contributed by atoms with Crippen LogP contribution in [0.4, 0.5) is 15.9 Å². The highest BCUT2D eigenvalue weighted by Gasteiger charge is 2.53. The van der Waals surface area contributed by atoms with Gasteiger partial charge in [-0.05, 0) is 37.5 Å². The van der Waals surface area contributed by atoms with Crippen LogP contribution < -0.4 is 16.1 Å². The molecule has 1 spiro atoms. The highest BCUT2D eigenvalue weighted by molar-refractivity contribution is 6.35. The molecular formula is C19H20BClFN5. The van der Waals surface area contributed by atoms with Crippen LogP contribution in [0.5, 0.6) is 0 Å². The van der Waals surface area contributed by atoms with Crippen molar-refractivity contribution in [3.05, 3.63) is 46.4 Å². The Morgan fingerprint density at radius 3 is 2.78 bits per heavy atom. The highest BCUT2D eigenvalue weighted by Crippen LogP contribution is 2.46. The van der Waals surface area contributed by atoms with Crippen molar-refractivity contribution in [1.29, 1.82) is 5.41 Å². The minimum Gasteiger partial charge on any atom is -0.396 e. The molecule has 5 nitrogen and oxygen atoms in total. The largest absolute Gasteiger partial charge is 0.396 e. The van der Waals surface area contributed by atoms with Crippen LogP contribution in [0.2, 0.25) is 5.02 Å². The number of anilines is 2. The number of benzene rings is 1. The van der Waals surface area contributed by atoms with Crippen molar-refractivity contribution in [2.45, 2.75) is 25.3 Å². The lowest BCUT2D eigenvalue weighted by Gasteiger charge is -2.44. The molecule has 2 aliphatic rings. The van der Waals surface area contributed by atoms with Crippen LogP contribution in [-0.2, 0) is 0 Å².